The van der Waals surface area contributed by atoms with Crippen molar-refractivity contribution in [2.45, 2.75) is 39.8 Å². The topological polar surface area (TPSA) is 64.3 Å². The number of hydrogen-bond donors (Lipinski definition) is 2. The van der Waals surface area contributed by atoms with Crippen molar-refractivity contribution in [2.24, 2.45) is 5.73 Å². The van der Waals surface area contributed by atoms with Crippen molar-refractivity contribution < 1.29 is 9.53 Å². The first-order valence-electron chi connectivity index (χ1n) is 5.56. The fraction of sp³-hybridized carbons (Fsp3) is 0.500. The van der Waals surface area contributed by atoms with Gasteiger partial charge in [-0.15, -0.1) is 11.3 Å². The summed E-state index contributed by atoms with van der Waals surface area (Å²) in [5, 5.41) is 4.55. The molecule has 1 aromatic heterocycles. The van der Waals surface area contributed by atoms with Gasteiger partial charge in [-0.05, 0) is 38.6 Å². The minimum absolute atomic E-state index is 0.364. The summed E-state index contributed by atoms with van der Waals surface area (Å²) in [6.07, 6.45) is -0.541. The van der Waals surface area contributed by atoms with Crippen molar-refractivity contribution in [3.05, 3.63) is 21.4 Å². The van der Waals surface area contributed by atoms with Gasteiger partial charge in [-0.2, -0.15) is 0 Å². The van der Waals surface area contributed by atoms with Gasteiger partial charge < -0.3 is 10.5 Å². The average molecular weight is 286 g/mol. The molecule has 0 aliphatic rings. The van der Waals surface area contributed by atoms with Crippen LogP contribution in [-0.4, -0.2) is 16.7 Å². The van der Waals surface area contributed by atoms with E-state index in [1.54, 1.807) is 32.1 Å². The van der Waals surface area contributed by atoms with E-state index in [0.29, 0.717) is 11.5 Å². The molecule has 4 nitrogen and oxygen atoms in total. The number of ether oxygens (including phenoxy) is 1. The molecule has 0 unspecified atom stereocenters. The summed E-state index contributed by atoms with van der Waals surface area (Å²) in [7, 11) is 0. The summed E-state index contributed by atoms with van der Waals surface area (Å²) in [5.41, 5.74) is 6.95. The Labute approximate surface area is 117 Å². The SMILES string of the molecule is Cc1csc(CN)c1C(=S)NC(=O)OC(C)(C)C. The van der Waals surface area contributed by atoms with Crippen molar-refractivity contribution in [2.75, 3.05) is 0 Å². The van der Waals surface area contributed by atoms with Crippen LogP contribution in [0.3, 0.4) is 0 Å². The van der Waals surface area contributed by atoms with Gasteiger partial charge in [0.05, 0.1) is 0 Å². The van der Waals surface area contributed by atoms with Crippen molar-refractivity contribution in [1.29, 1.82) is 0 Å². The van der Waals surface area contributed by atoms with Crippen LogP contribution in [0.4, 0.5) is 4.79 Å². The first-order valence-corrected chi connectivity index (χ1v) is 6.84. The molecule has 0 fully saturated rings. The molecule has 1 heterocycles. The third kappa shape index (κ3) is 4.04. The Balaban J connectivity index is 2.77. The number of aryl methyl sites for hydroxylation is 1. The normalized spacial score (nSPS) is 11.2. The van der Waals surface area contributed by atoms with Gasteiger partial charge in [0.1, 0.15) is 10.6 Å². The zero-order valence-corrected chi connectivity index (χ0v) is 12.6. The van der Waals surface area contributed by atoms with E-state index in [4.69, 9.17) is 22.7 Å². The zero-order valence-electron chi connectivity index (χ0n) is 11.0. The Hall–Kier alpha value is -0.980. The quantitative estimate of drug-likeness (QED) is 0.821. The predicted molar refractivity (Wildman–Crippen MR) is 78.0 cm³/mol. The molecule has 100 valence electrons. The van der Waals surface area contributed by atoms with E-state index in [0.717, 1.165) is 16.0 Å². The van der Waals surface area contributed by atoms with Gasteiger partial charge in [0.15, 0.2) is 0 Å². The molecular weight excluding hydrogens is 268 g/mol. The minimum atomic E-state index is -0.542. The van der Waals surface area contributed by atoms with Gasteiger partial charge in [0.25, 0.3) is 0 Å². The Morgan fingerprint density at radius 3 is 2.67 bits per heavy atom. The Kier molecular flexibility index (Phi) is 4.84. The van der Waals surface area contributed by atoms with Crippen LogP contribution < -0.4 is 11.1 Å². The summed E-state index contributed by atoms with van der Waals surface area (Å²) in [6.45, 7) is 7.75. The van der Waals surface area contributed by atoms with Crippen LogP contribution in [0.5, 0.6) is 0 Å². The van der Waals surface area contributed by atoms with Crippen LogP contribution in [0, 0.1) is 6.92 Å². The minimum Gasteiger partial charge on any atom is -0.444 e. The molecule has 0 aromatic carbocycles. The molecule has 18 heavy (non-hydrogen) atoms. The zero-order chi connectivity index (χ0) is 13.9. The fourth-order valence-electron chi connectivity index (χ4n) is 1.41. The maximum absolute atomic E-state index is 11.6. The highest BCUT2D eigenvalue weighted by molar-refractivity contribution is 7.80. The van der Waals surface area contributed by atoms with Gasteiger partial charge in [-0.25, -0.2) is 4.79 Å². The number of carbonyl (C=O) groups is 1. The fourth-order valence-corrected chi connectivity index (χ4v) is 2.76. The number of carbonyl (C=O) groups excluding carboxylic acids is 1. The lowest BCUT2D eigenvalue weighted by atomic mass is 10.1. The third-order valence-corrected chi connectivity index (χ3v) is 3.51. The van der Waals surface area contributed by atoms with Crippen molar-refractivity contribution in [3.8, 4) is 0 Å². The molecule has 1 rings (SSSR count). The number of alkyl carbamates (subject to hydrolysis) is 1. The second kappa shape index (κ2) is 5.77. The maximum atomic E-state index is 11.6. The van der Waals surface area contributed by atoms with E-state index in [9.17, 15) is 4.79 Å². The molecule has 0 bridgehead atoms. The number of thiophene rings is 1. The Morgan fingerprint density at radius 1 is 1.56 bits per heavy atom. The van der Waals surface area contributed by atoms with Gasteiger partial charge in [-0.3, -0.25) is 5.32 Å². The summed E-state index contributed by atoms with van der Waals surface area (Å²) in [4.78, 5) is 13.0. The summed E-state index contributed by atoms with van der Waals surface area (Å²) in [5.74, 6) is 0. The van der Waals surface area contributed by atoms with Gasteiger partial charge in [0, 0.05) is 17.0 Å². The number of nitrogens with two attached hydrogens (primary N) is 1. The average Bonchev–Trinajstić information content (AvgIpc) is 2.56. The molecule has 0 atom stereocenters. The van der Waals surface area contributed by atoms with E-state index >= 15 is 0 Å². The summed E-state index contributed by atoms with van der Waals surface area (Å²) < 4.78 is 5.15. The van der Waals surface area contributed by atoms with E-state index < -0.39 is 11.7 Å². The van der Waals surface area contributed by atoms with E-state index in [-0.39, 0.29) is 0 Å². The molecule has 3 N–H and O–H groups in total. The number of amides is 1. The first-order chi connectivity index (χ1) is 8.24. The van der Waals surface area contributed by atoms with Crippen molar-refractivity contribution >= 4 is 34.6 Å². The monoisotopic (exact) mass is 286 g/mol. The number of nitrogens with one attached hydrogen (secondary N) is 1. The number of thiocarbonyl (C=S) groups is 1. The highest BCUT2D eigenvalue weighted by Gasteiger charge is 2.19. The second-order valence-corrected chi connectivity index (χ2v) is 6.25. The maximum Gasteiger partial charge on any atom is 0.412 e. The largest absolute Gasteiger partial charge is 0.444 e. The molecule has 0 saturated heterocycles. The predicted octanol–water partition coefficient (Wildman–Crippen LogP) is 2.72. The number of rotatable bonds is 2. The smallest absolute Gasteiger partial charge is 0.412 e. The van der Waals surface area contributed by atoms with Crippen LogP contribution >= 0.6 is 23.6 Å². The third-order valence-electron chi connectivity index (χ3n) is 2.08. The van der Waals surface area contributed by atoms with Gasteiger partial charge in [-0.1, -0.05) is 12.2 Å². The van der Waals surface area contributed by atoms with E-state index in [2.05, 4.69) is 5.32 Å². The van der Waals surface area contributed by atoms with E-state index in [1.807, 2.05) is 12.3 Å². The highest BCUT2D eigenvalue weighted by atomic mass is 32.1. The second-order valence-electron chi connectivity index (χ2n) is 4.88. The van der Waals surface area contributed by atoms with Crippen LogP contribution in [0.1, 0.15) is 36.8 Å². The lowest BCUT2D eigenvalue weighted by Gasteiger charge is -2.20. The molecule has 6 heteroatoms. The summed E-state index contributed by atoms with van der Waals surface area (Å²) >= 11 is 6.76. The molecule has 1 amide bonds. The van der Waals surface area contributed by atoms with Gasteiger partial charge in [0.2, 0.25) is 0 Å². The van der Waals surface area contributed by atoms with Crippen molar-refractivity contribution in [1.82, 2.24) is 5.32 Å². The summed E-state index contributed by atoms with van der Waals surface area (Å²) in [6, 6.07) is 0. The highest BCUT2D eigenvalue weighted by Crippen LogP contribution is 2.22. The van der Waals surface area contributed by atoms with Gasteiger partial charge >= 0.3 is 6.09 Å². The van der Waals surface area contributed by atoms with Crippen LogP contribution in [0.25, 0.3) is 0 Å². The van der Waals surface area contributed by atoms with Crippen LogP contribution in [0.2, 0.25) is 0 Å². The van der Waals surface area contributed by atoms with Crippen LogP contribution in [0.15, 0.2) is 5.38 Å². The Bertz CT molecular complexity index is 461. The molecule has 0 radical (unpaired) electrons. The van der Waals surface area contributed by atoms with Crippen LogP contribution in [-0.2, 0) is 11.3 Å². The Morgan fingerprint density at radius 2 is 2.17 bits per heavy atom. The molecule has 1 aromatic rings. The van der Waals surface area contributed by atoms with E-state index in [1.165, 1.54) is 0 Å². The molecule has 0 aliphatic carbocycles. The first kappa shape index (κ1) is 15.1. The number of hydrogen-bond acceptors (Lipinski definition) is 5. The molecular formula is C12H18N2O2S2. The standard InChI is InChI=1S/C12H18N2O2S2/c1-7-6-18-8(5-13)9(7)10(17)14-11(15)16-12(2,3)4/h6H,5,13H2,1-4H3,(H,14,15,17). The molecule has 0 spiro atoms. The lowest BCUT2D eigenvalue weighted by molar-refractivity contribution is 0.0564. The van der Waals surface area contributed by atoms with Crippen molar-refractivity contribution in [3.63, 3.8) is 0 Å². The molecule has 0 aliphatic heterocycles. The lowest BCUT2D eigenvalue weighted by Crippen LogP contribution is -2.36. The molecule has 0 saturated carbocycles.